The Labute approximate surface area is 256 Å². The van der Waals surface area contributed by atoms with Crippen molar-refractivity contribution in [2.75, 3.05) is 38.3 Å². The van der Waals surface area contributed by atoms with Crippen molar-refractivity contribution >= 4 is 35.2 Å². The zero-order chi connectivity index (χ0) is 28.7. The minimum absolute atomic E-state index is 0. The molecule has 1 aliphatic carbocycles. The molecule has 9 heteroatoms. The number of rotatable bonds is 6. The second-order valence-corrected chi connectivity index (χ2v) is 11.1. The van der Waals surface area contributed by atoms with Crippen molar-refractivity contribution in [1.82, 2.24) is 14.5 Å². The summed E-state index contributed by atoms with van der Waals surface area (Å²) in [6.07, 6.45) is 3.14. The van der Waals surface area contributed by atoms with Gasteiger partial charge in [-0.2, -0.15) is 0 Å². The lowest BCUT2D eigenvalue weighted by atomic mass is 9.73. The molecule has 0 spiro atoms. The van der Waals surface area contributed by atoms with E-state index in [9.17, 15) is 4.79 Å². The van der Waals surface area contributed by atoms with Crippen LogP contribution in [0.1, 0.15) is 35.2 Å². The molecule has 3 heterocycles. The molecule has 0 unspecified atom stereocenters. The smallest absolute Gasteiger partial charge is 0.338 e. The van der Waals surface area contributed by atoms with Gasteiger partial charge in [0.1, 0.15) is 11.3 Å². The molecule has 1 aliphatic heterocycles. The fourth-order valence-electron chi connectivity index (χ4n) is 5.98. The fraction of sp³-hybridized carbons (Fsp3) is 0.265. The first-order chi connectivity index (χ1) is 20.5. The van der Waals surface area contributed by atoms with E-state index >= 15 is 0 Å². The van der Waals surface area contributed by atoms with Gasteiger partial charge in [0.2, 0.25) is 0 Å². The molecule has 8 nitrogen and oxygen atoms in total. The number of pyridine rings is 1. The number of esters is 1. The number of imidazole rings is 1. The van der Waals surface area contributed by atoms with Gasteiger partial charge in [0.25, 0.3) is 0 Å². The predicted molar refractivity (Wildman–Crippen MR) is 171 cm³/mol. The topological polar surface area (TPSA) is 95.5 Å². The van der Waals surface area contributed by atoms with Gasteiger partial charge >= 0.3 is 5.97 Å². The average molecular weight is 596 g/mol. The summed E-state index contributed by atoms with van der Waals surface area (Å²) in [6, 6.07) is 28.2. The van der Waals surface area contributed by atoms with Gasteiger partial charge in [-0.3, -0.25) is 4.57 Å². The van der Waals surface area contributed by atoms with E-state index in [1.165, 1.54) is 7.11 Å². The Morgan fingerprint density at radius 2 is 1.67 bits per heavy atom. The van der Waals surface area contributed by atoms with E-state index in [2.05, 4.69) is 53.4 Å². The van der Waals surface area contributed by atoms with Gasteiger partial charge in [0, 0.05) is 41.1 Å². The molecule has 2 N–H and O–H groups in total. The third-order valence-corrected chi connectivity index (χ3v) is 8.54. The Morgan fingerprint density at radius 3 is 2.40 bits per heavy atom. The number of hydrogen-bond acceptors (Lipinski definition) is 7. The van der Waals surface area contributed by atoms with Crippen LogP contribution in [-0.2, 0) is 15.0 Å². The molecule has 3 aromatic carbocycles. The van der Waals surface area contributed by atoms with Gasteiger partial charge in [-0.05, 0) is 67.3 Å². The summed E-state index contributed by atoms with van der Waals surface area (Å²) in [4.78, 5) is 25.3. The molecule has 1 saturated heterocycles. The number of hydrogen-bond donors (Lipinski definition) is 1. The van der Waals surface area contributed by atoms with Gasteiger partial charge in [-0.15, -0.1) is 12.4 Å². The Morgan fingerprint density at radius 1 is 0.907 bits per heavy atom. The molecule has 220 valence electrons. The zero-order valence-electron chi connectivity index (χ0n) is 24.0. The fourth-order valence-corrected chi connectivity index (χ4v) is 5.98. The quantitative estimate of drug-likeness (QED) is 0.236. The number of morpholine rings is 1. The predicted octanol–water partition coefficient (Wildman–Crippen LogP) is 6.14. The average Bonchev–Trinajstić information content (AvgIpc) is 3.42. The summed E-state index contributed by atoms with van der Waals surface area (Å²) < 4.78 is 12.7. The standard InChI is InChI=1S/C34H33N5O3.ClH/c1-41-33(40)28-9-3-2-8-27(28)31-37-30-15-14-29(23-6-4-7-26(22-23)38-18-20-42-21-19-38)36-32(30)39(31)25-12-10-24(11-13-25)34(35)16-5-17-34;/h2-4,6-15,22H,5,16-21,35H2,1H3;1H. The molecule has 5 aromatic rings. The third-order valence-electron chi connectivity index (χ3n) is 8.54. The van der Waals surface area contributed by atoms with Crippen molar-refractivity contribution in [2.45, 2.75) is 24.8 Å². The molecule has 2 aliphatic rings. The summed E-state index contributed by atoms with van der Waals surface area (Å²) in [5.41, 5.74) is 14.0. The lowest BCUT2D eigenvalue weighted by Crippen LogP contribution is -2.43. The number of carbonyl (C=O) groups excluding carboxylic acids is 1. The van der Waals surface area contributed by atoms with Crippen LogP contribution < -0.4 is 10.6 Å². The molecule has 7 rings (SSSR count). The maximum absolute atomic E-state index is 12.8. The minimum atomic E-state index is -0.414. The second-order valence-electron chi connectivity index (χ2n) is 11.1. The highest BCUT2D eigenvalue weighted by Gasteiger charge is 2.34. The highest BCUT2D eigenvalue weighted by atomic mass is 35.5. The normalized spacial score (nSPS) is 15.9. The summed E-state index contributed by atoms with van der Waals surface area (Å²) in [5, 5.41) is 0. The number of methoxy groups -OCH3 is 1. The molecule has 2 aromatic heterocycles. The van der Waals surface area contributed by atoms with E-state index in [0.29, 0.717) is 22.6 Å². The number of aromatic nitrogens is 3. The van der Waals surface area contributed by atoms with Crippen molar-refractivity contribution in [3.8, 4) is 28.3 Å². The molecular weight excluding hydrogens is 562 g/mol. The molecule has 0 bridgehead atoms. The number of benzene rings is 3. The van der Waals surface area contributed by atoms with Crippen molar-refractivity contribution in [1.29, 1.82) is 0 Å². The number of halogens is 1. The van der Waals surface area contributed by atoms with Crippen LogP contribution in [0.25, 0.3) is 39.5 Å². The van der Waals surface area contributed by atoms with E-state index in [0.717, 1.165) is 79.3 Å². The number of nitrogens with two attached hydrogens (primary N) is 1. The van der Waals surface area contributed by atoms with E-state index in [4.69, 9.17) is 25.2 Å². The van der Waals surface area contributed by atoms with Crippen LogP contribution in [0, 0.1) is 0 Å². The SMILES string of the molecule is COC(=O)c1ccccc1-c1nc2ccc(-c3cccc(N4CCOCC4)c3)nc2n1-c1ccc(C2(N)CCC2)cc1.Cl. The number of carbonyl (C=O) groups is 1. The van der Waals surface area contributed by atoms with E-state index in [1.54, 1.807) is 6.07 Å². The van der Waals surface area contributed by atoms with Crippen LogP contribution in [0.3, 0.4) is 0 Å². The van der Waals surface area contributed by atoms with Gasteiger partial charge in [0.15, 0.2) is 5.65 Å². The van der Waals surface area contributed by atoms with Gasteiger partial charge in [0.05, 0.1) is 31.6 Å². The summed E-state index contributed by atoms with van der Waals surface area (Å²) >= 11 is 0. The van der Waals surface area contributed by atoms with Crippen molar-refractivity contribution in [2.24, 2.45) is 5.73 Å². The molecule has 1 saturated carbocycles. The summed E-state index contributed by atoms with van der Waals surface area (Å²) in [5.74, 6) is 0.208. The summed E-state index contributed by atoms with van der Waals surface area (Å²) in [6.45, 7) is 3.19. The van der Waals surface area contributed by atoms with E-state index in [-0.39, 0.29) is 17.9 Å². The maximum atomic E-state index is 12.8. The molecule has 0 atom stereocenters. The molecular formula is C34H34ClN5O3. The molecule has 0 amide bonds. The Balaban J connectivity index is 0.00000329. The number of nitrogens with zero attached hydrogens (tertiary/aromatic N) is 4. The van der Waals surface area contributed by atoms with Crippen LogP contribution in [-0.4, -0.2) is 53.9 Å². The lowest BCUT2D eigenvalue weighted by molar-refractivity contribution is 0.0601. The zero-order valence-corrected chi connectivity index (χ0v) is 24.8. The van der Waals surface area contributed by atoms with Crippen LogP contribution in [0.15, 0.2) is 84.9 Å². The highest BCUT2D eigenvalue weighted by molar-refractivity contribution is 5.97. The molecule has 2 fully saturated rings. The van der Waals surface area contributed by atoms with Crippen LogP contribution >= 0.6 is 12.4 Å². The highest BCUT2D eigenvalue weighted by Crippen LogP contribution is 2.39. The minimum Gasteiger partial charge on any atom is -0.465 e. The number of ether oxygens (including phenoxy) is 2. The van der Waals surface area contributed by atoms with E-state index < -0.39 is 5.97 Å². The summed E-state index contributed by atoms with van der Waals surface area (Å²) in [7, 11) is 1.39. The first-order valence-electron chi connectivity index (χ1n) is 14.4. The second kappa shape index (κ2) is 11.8. The Bertz CT molecular complexity index is 1780. The van der Waals surface area contributed by atoms with Crippen LogP contribution in [0.2, 0.25) is 0 Å². The third kappa shape index (κ3) is 5.27. The van der Waals surface area contributed by atoms with E-state index in [1.807, 2.05) is 34.9 Å². The van der Waals surface area contributed by atoms with Gasteiger partial charge < -0.3 is 20.1 Å². The largest absolute Gasteiger partial charge is 0.465 e. The van der Waals surface area contributed by atoms with Crippen LogP contribution in [0.4, 0.5) is 5.69 Å². The van der Waals surface area contributed by atoms with Crippen molar-refractivity contribution in [3.63, 3.8) is 0 Å². The number of anilines is 1. The van der Waals surface area contributed by atoms with Gasteiger partial charge in [-0.25, -0.2) is 14.8 Å². The first-order valence-corrected chi connectivity index (χ1v) is 14.4. The number of fused-ring (bicyclic) bond motifs is 1. The Hall–Kier alpha value is -4.24. The lowest BCUT2D eigenvalue weighted by Gasteiger charge is -2.38. The molecule has 43 heavy (non-hydrogen) atoms. The van der Waals surface area contributed by atoms with Crippen LogP contribution in [0.5, 0.6) is 0 Å². The molecule has 0 radical (unpaired) electrons. The van der Waals surface area contributed by atoms with Crippen molar-refractivity contribution in [3.05, 3.63) is 96.1 Å². The monoisotopic (exact) mass is 595 g/mol. The Kier molecular flexibility index (Phi) is 7.92. The maximum Gasteiger partial charge on any atom is 0.338 e. The van der Waals surface area contributed by atoms with Crippen molar-refractivity contribution < 1.29 is 14.3 Å². The first kappa shape index (κ1) is 28.9. The van der Waals surface area contributed by atoms with Gasteiger partial charge in [-0.1, -0.05) is 42.5 Å².